The normalized spacial score (nSPS) is 15.6. The first-order chi connectivity index (χ1) is 14.8. The second-order valence-corrected chi connectivity index (χ2v) is 9.27. The molecule has 0 aromatic heterocycles. The van der Waals surface area contributed by atoms with Crippen molar-refractivity contribution in [3.63, 3.8) is 0 Å². The quantitative estimate of drug-likeness (QED) is 0.236. The molecule has 1 atom stereocenters. The van der Waals surface area contributed by atoms with E-state index in [-0.39, 0.29) is 6.10 Å². The lowest BCUT2D eigenvalue weighted by molar-refractivity contribution is 0.138. The van der Waals surface area contributed by atoms with Gasteiger partial charge in [0.1, 0.15) is 11.5 Å². The Labute approximate surface area is 184 Å². The fraction of sp³-hybridized carbons (Fsp3) is 0.538. The summed E-state index contributed by atoms with van der Waals surface area (Å²) < 4.78 is 18.7. The highest BCUT2D eigenvalue weighted by Crippen LogP contribution is 2.44. The maximum Gasteiger partial charge on any atom is 0.463 e. The van der Waals surface area contributed by atoms with Crippen LogP contribution in [0, 0.1) is 0 Å². The monoisotopic (exact) mass is 428 g/mol. The zero-order chi connectivity index (χ0) is 20.9. The fourth-order valence-corrected chi connectivity index (χ4v) is 5.03. The van der Waals surface area contributed by atoms with Crippen LogP contribution < -0.4 is 9.05 Å². The van der Waals surface area contributed by atoms with Crippen molar-refractivity contribution in [2.24, 2.45) is 0 Å². The molecular weight excluding hydrogens is 391 g/mol. The van der Waals surface area contributed by atoms with Gasteiger partial charge < -0.3 is 9.05 Å². The third kappa shape index (κ3) is 8.66. The Morgan fingerprint density at radius 2 is 1.47 bits per heavy atom. The van der Waals surface area contributed by atoms with E-state index in [1.165, 1.54) is 63.4 Å². The van der Waals surface area contributed by atoms with E-state index in [2.05, 4.69) is 25.1 Å². The molecule has 0 N–H and O–H groups in total. The van der Waals surface area contributed by atoms with Crippen molar-refractivity contribution in [1.29, 1.82) is 0 Å². The van der Waals surface area contributed by atoms with Gasteiger partial charge in [-0.2, -0.15) is 0 Å². The number of benzene rings is 2. The van der Waals surface area contributed by atoms with Crippen molar-refractivity contribution < 1.29 is 13.6 Å². The van der Waals surface area contributed by atoms with E-state index < -0.39 is 8.60 Å². The smallest absolute Gasteiger partial charge is 0.418 e. The molecule has 1 saturated carbocycles. The molecule has 0 amide bonds. The van der Waals surface area contributed by atoms with Crippen LogP contribution >= 0.6 is 8.60 Å². The van der Waals surface area contributed by atoms with Crippen molar-refractivity contribution in [3.05, 3.63) is 60.2 Å². The molecule has 0 saturated heterocycles. The van der Waals surface area contributed by atoms with E-state index >= 15 is 0 Å². The molecule has 1 aliphatic carbocycles. The molecule has 3 rings (SSSR count). The topological polar surface area (TPSA) is 27.7 Å². The van der Waals surface area contributed by atoms with Gasteiger partial charge in [-0.25, -0.2) is 0 Å². The van der Waals surface area contributed by atoms with E-state index in [4.69, 9.17) is 13.6 Å². The average Bonchev–Trinajstić information content (AvgIpc) is 2.78. The third-order valence-electron chi connectivity index (χ3n) is 5.61. The summed E-state index contributed by atoms with van der Waals surface area (Å²) in [5.74, 6) is 1.64. The lowest BCUT2D eigenvalue weighted by Crippen LogP contribution is -2.16. The first-order valence-corrected chi connectivity index (χ1v) is 12.9. The maximum absolute atomic E-state index is 6.30. The molecular formula is C26H37O3P. The zero-order valence-electron chi connectivity index (χ0n) is 18.4. The predicted molar refractivity (Wildman–Crippen MR) is 126 cm³/mol. The standard InChI is InChI=1S/C26H37O3P/c1-2-3-4-5-6-9-15-23-16-14-21-26(22-23)29-30(27-24-17-10-7-11-18-24)28-25-19-12-8-13-20-25/h7,10-11,14,16-18,21-22,25H,2-6,8-9,12-13,15,19-20H2,1H3. The van der Waals surface area contributed by atoms with Gasteiger partial charge >= 0.3 is 8.60 Å². The molecule has 1 fully saturated rings. The number of hydrogen-bond donors (Lipinski definition) is 0. The van der Waals surface area contributed by atoms with Crippen LogP contribution in [0.1, 0.15) is 83.1 Å². The molecule has 164 valence electrons. The minimum Gasteiger partial charge on any atom is -0.418 e. The minimum absolute atomic E-state index is 0.236. The number of rotatable bonds is 13. The molecule has 0 radical (unpaired) electrons. The molecule has 0 spiro atoms. The second-order valence-electron chi connectivity index (χ2n) is 8.25. The van der Waals surface area contributed by atoms with Crippen molar-refractivity contribution >= 4 is 8.60 Å². The molecule has 0 bridgehead atoms. The van der Waals surface area contributed by atoms with Gasteiger partial charge in [0.05, 0.1) is 6.10 Å². The Morgan fingerprint density at radius 1 is 0.767 bits per heavy atom. The highest BCUT2D eigenvalue weighted by Gasteiger charge is 2.24. The van der Waals surface area contributed by atoms with Crippen LogP contribution in [-0.2, 0) is 10.9 Å². The van der Waals surface area contributed by atoms with Gasteiger partial charge in [0.15, 0.2) is 0 Å². The van der Waals surface area contributed by atoms with Gasteiger partial charge in [0.2, 0.25) is 0 Å². The molecule has 0 aliphatic heterocycles. The number of aryl methyl sites for hydroxylation is 1. The molecule has 3 nitrogen and oxygen atoms in total. The van der Waals surface area contributed by atoms with E-state index in [1.807, 2.05) is 36.4 Å². The van der Waals surface area contributed by atoms with E-state index in [0.29, 0.717) is 0 Å². The molecule has 1 unspecified atom stereocenters. The molecule has 1 aliphatic rings. The number of para-hydroxylation sites is 1. The SMILES string of the molecule is CCCCCCCCc1cccc(OP(Oc2ccccc2)OC2CCCCC2)c1. The third-order valence-corrected chi connectivity index (χ3v) is 6.80. The van der Waals surface area contributed by atoms with Gasteiger partial charge in [0.25, 0.3) is 0 Å². The van der Waals surface area contributed by atoms with Crippen LogP contribution in [0.4, 0.5) is 0 Å². The van der Waals surface area contributed by atoms with Crippen LogP contribution in [0.5, 0.6) is 11.5 Å². The van der Waals surface area contributed by atoms with Crippen LogP contribution in [0.15, 0.2) is 54.6 Å². The first kappa shape index (κ1) is 23.1. The average molecular weight is 429 g/mol. The molecule has 4 heteroatoms. The summed E-state index contributed by atoms with van der Waals surface area (Å²) in [6.07, 6.45) is 15.2. The zero-order valence-corrected chi connectivity index (χ0v) is 19.3. The number of unbranched alkanes of at least 4 members (excludes halogenated alkanes) is 5. The highest BCUT2D eigenvalue weighted by atomic mass is 31.2. The predicted octanol–water partition coefficient (Wildman–Crippen LogP) is 8.62. The van der Waals surface area contributed by atoms with E-state index in [0.717, 1.165) is 30.8 Å². The second kappa shape index (κ2) is 13.7. The van der Waals surface area contributed by atoms with Gasteiger partial charge in [-0.05, 0) is 55.5 Å². The van der Waals surface area contributed by atoms with Gasteiger partial charge in [0, 0.05) is 0 Å². The van der Waals surface area contributed by atoms with Crippen LogP contribution in [0.25, 0.3) is 0 Å². The van der Waals surface area contributed by atoms with Crippen molar-refractivity contribution in [3.8, 4) is 11.5 Å². The summed E-state index contributed by atoms with van der Waals surface area (Å²) in [7, 11) is -1.47. The summed E-state index contributed by atoms with van der Waals surface area (Å²) >= 11 is 0. The lowest BCUT2D eigenvalue weighted by atomic mass is 9.98. The van der Waals surface area contributed by atoms with E-state index in [9.17, 15) is 0 Å². The summed E-state index contributed by atoms with van der Waals surface area (Å²) in [5.41, 5.74) is 1.33. The Bertz CT molecular complexity index is 700. The Hall–Kier alpha value is -1.57. The molecule has 2 aromatic carbocycles. The Morgan fingerprint density at radius 3 is 2.27 bits per heavy atom. The summed E-state index contributed by atoms with van der Waals surface area (Å²) in [6, 6.07) is 18.3. The summed E-state index contributed by atoms with van der Waals surface area (Å²) in [6.45, 7) is 2.26. The van der Waals surface area contributed by atoms with Crippen molar-refractivity contribution in [1.82, 2.24) is 0 Å². The van der Waals surface area contributed by atoms with Crippen molar-refractivity contribution in [2.75, 3.05) is 0 Å². The van der Waals surface area contributed by atoms with Crippen molar-refractivity contribution in [2.45, 2.75) is 90.1 Å². The molecule has 0 heterocycles. The van der Waals surface area contributed by atoms with Crippen LogP contribution in [0.3, 0.4) is 0 Å². The first-order valence-electron chi connectivity index (χ1n) is 11.8. The van der Waals surface area contributed by atoms with E-state index in [1.54, 1.807) is 0 Å². The Balaban J connectivity index is 1.55. The maximum atomic E-state index is 6.30. The minimum atomic E-state index is -1.47. The largest absolute Gasteiger partial charge is 0.463 e. The van der Waals surface area contributed by atoms with Gasteiger partial charge in [-0.15, -0.1) is 0 Å². The molecule has 2 aromatic rings. The Kier molecular flexibility index (Phi) is 10.5. The van der Waals surface area contributed by atoms with Crippen LogP contribution in [-0.4, -0.2) is 6.10 Å². The molecule has 30 heavy (non-hydrogen) atoms. The van der Waals surface area contributed by atoms with Gasteiger partial charge in [-0.3, -0.25) is 4.52 Å². The van der Waals surface area contributed by atoms with Crippen LogP contribution in [0.2, 0.25) is 0 Å². The highest BCUT2D eigenvalue weighted by molar-refractivity contribution is 7.42. The fourth-order valence-electron chi connectivity index (χ4n) is 3.87. The summed E-state index contributed by atoms with van der Waals surface area (Å²) in [5, 5.41) is 0. The lowest BCUT2D eigenvalue weighted by Gasteiger charge is -2.26. The van der Waals surface area contributed by atoms with Gasteiger partial charge in [-0.1, -0.05) is 88.6 Å². The summed E-state index contributed by atoms with van der Waals surface area (Å²) in [4.78, 5) is 0. The number of hydrogen-bond acceptors (Lipinski definition) is 3.